The zero-order valence-electron chi connectivity index (χ0n) is 8.08. The van der Waals surface area contributed by atoms with E-state index >= 15 is 0 Å². The molecule has 3 rings (SSSR count). The summed E-state index contributed by atoms with van der Waals surface area (Å²) < 4.78 is 0. The van der Waals surface area contributed by atoms with Gasteiger partial charge in [0.05, 0.1) is 6.04 Å². The van der Waals surface area contributed by atoms with E-state index in [0.717, 1.165) is 18.3 Å². The molecule has 0 aromatic heterocycles. The molecule has 0 amide bonds. The molecule has 12 heavy (non-hydrogen) atoms. The van der Waals surface area contributed by atoms with Crippen molar-refractivity contribution in [1.82, 2.24) is 0 Å². The van der Waals surface area contributed by atoms with E-state index in [4.69, 9.17) is 0 Å². The molecule has 0 aromatic rings. The van der Waals surface area contributed by atoms with E-state index in [1.165, 1.54) is 6.42 Å². The summed E-state index contributed by atoms with van der Waals surface area (Å²) in [6, 6.07) is 0.113. The van der Waals surface area contributed by atoms with Crippen LogP contribution in [0, 0.1) is 28.1 Å². The van der Waals surface area contributed by atoms with Gasteiger partial charge in [-0.2, -0.15) is 4.91 Å². The van der Waals surface area contributed by atoms with Crippen LogP contribution in [0.25, 0.3) is 0 Å². The third-order valence-corrected chi connectivity index (χ3v) is 4.45. The van der Waals surface area contributed by atoms with Crippen molar-refractivity contribution in [3.63, 3.8) is 0 Å². The van der Waals surface area contributed by atoms with Crippen molar-refractivity contribution in [2.45, 2.75) is 39.7 Å². The molecule has 0 unspecified atom stereocenters. The topological polar surface area (TPSA) is 29.4 Å². The summed E-state index contributed by atoms with van der Waals surface area (Å²) >= 11 is 0. The number of hydrogen-bond acceptors (Lipinski definition) is 2. The molecule has 4 atom stereocenters. The first kappa shape index (κ1) is 8.21. The lowest BCUT2D eigenvalue weighted by Crippen LogP contribution is -2.56. The standard InChI is InChI=1S/C10H17NO/c1-6-8-4-7(10(8,2)3)5-9(6)11-12/h6-9H,4-5H2,1-3H3/t6-,7+,8-,9-/m0/s1. The van der Waals surface area contributed by atoms with Crippen molar-refractivity contribution in [2.24, 2.45) is 28.3 Å². The van der Waals surface area contributed by atoms with Gasteiger partial charge in [0, 0.05) is 0 Å². The number of nitrogens with zero attached hydrogens (tertiary/aromatic N) is 1. The summed E-state index contributed by atoms with van der Waals surface area (Å²) in [5.41, 5.74) is 0.487. The summed E-state index contributed by atoms with van der Waals surface area (Å²) in [6.07, 6.45) is 2.37. The largest absolute Gasteiger partial charge is 0.151 e. The highest BCUT2D eigenvalue weighted by Gasteiger charge is 2.56. The summed E-state index contributed by atoms with van der Waals surface area (Å²) in [7, 11) is 0. The fourth-order valence-corrected chi connectivity index (χ4v) is 3.26. The molecule has 2 heteroatoms. The van der Waals surface area contributed by atoms with Crippen LogP contribution >= 0.6 is 0 Å². The van der Waals surface area contributed by atoms with Crippen LogP contribution in [0.1, 0.15) is 33.6 Å². The summed E-state index contributed by atoms with van der Waals surface area (Å²) in [4.78, 5) is 10.5. The first-order valence-corrected chi connectivity index (χ1v) is 4.90. The lowest BCUT2D eigenvalue weighted by Gasteiger charge is -2.60. The molecule has 0 N–H and O–H groups in total. The quantitative estimate of drug-likeness (QED) is 0.552. The van der Waals surface area contributed by atoms with Crippen molar-refractivity contribution in [1.29, 1.82) is 0 Å². The van der Waals surface area contributed by atoms with Gasteiger partial charge in [0.25, 0.3) is 0 Å². The van der Waals surface area contributed by atoms with Gasteiger partial charge in [-0.3, -0.25) is 0 Å². The molecule has 3 fully saturated rings. The predicted octanol–water partition coefficient (Wildman–Crippen LogP) is 2.82. The monoisotopic (exact) mass is 167 g/mol. The number of nitroso groups, excluding NO2 is 1. The Bertz CT molecular complexity index is 212. The van der Waals surface area contributed by atoms with Crippen molar-refractivity contribution in [3.8, 4) is 0 Å². The van der Waals surface area contributed by atoms with Crippen molar-refractivity contribution >= 4 is 0 Å². The number of rotatable bonds is 1. The van der Waals surface area contributed by atoms with Crippen LogP contribution in [-0.2, 0) is 0 Å². The van der Waals surface area contributed by atoms with Gasteiger partial charge in [-0.15, -0.1) is 0 Å². The van der Waals surface area contributed by atoms with Crippen LogP contribution in [0.5, 0.6) is 0 Å². The maximum Gasteiger partial charge on any atom is 0.0950 e. The zero-order valence-corrected chi connectivity index (χ0v) is 8.08. The van der Waals surface area contributed by atoms with E-state index < -0.39 is 0 Å². The van der Waals surface area contributed by atoms with Gasteiger partial charge in [0.1, 0.15) is 0 Å². The molecular formula is C10H17NO. The molecular weight excluding hydrogens is 150 g/mol. The number of hydrogen-bond donors (Lipinski definition) is 0. The maximum absolute atomic E-state index is 10.5. The normalized spacial score (nSPS) is 49.6. The maximum atomic E-state index is 10.5. The average Bonchev–Trinajstić information content (AvgIpc) is 2.03. The SMILES string of the molecule is C[C@@H]1[C@@H](N=O)C[C@H]2C[C@@H]1C2(C)C. The van der Waals surface area contributed by atoms with Gasteiger partial charge in [0.2, 0.25) is 0 Å². The molecule has 0 heterocycles. The van der Waals surface area contributed by atoms with Crippen LogP contribution in [0.15, 0.2) is 5.18 Å². The van der Waals surface area contributed by atoms with E-state index in [1.807, 2.05) is 0 Å². The van der Waals surface area contributed by atoms with E-state index in [1.54, 1.807) is 0 Å². The Morgan fingerprint density at radius 3 is 2.42 bits per heavy atom. The summed E-state index contributed by atoms with van der Waals surface area (Å²) in [5.74, 6) is 2.03. The molecule has 0 spiro atoms. The van der Waals surface area contributed by atoms with Crippen molar-refractivity contribution in [2.75, 3.05) is 0 Å². The highest BCUT2D eigenvalue weighted by Crippen LogP contribution is 2.61. The second kappa shape index (κ2) is 2.30. The molecule has 2 nitrogen and oxygen atoms in total. The van der Waals surface area contributed by atoms with Gasteiger partial charge >= 0.3 is 0 Å². The van der Waals surface area contributed by atoms with Gasteiger partial charge in [0.15, 0.2) is 0 Å². The Morgan fingerprint density at radius 2 is 2.00 bits per heavy atom. The van der Waals surface area contributed by atoms with Crippen LogP contribution in [0.2, 0.25) is 0 Å². The van der Waals surface area contributed by atoms with Crippen LogP contribution in [0.3, 0.4) is 0 Å². The lowest BCUT2D eigenvalue weighted by atomic mass is 9.45. The average molecular weight is 167 g/mol. The van der Waals surface area contributed by atoms with E-state index in [9.17, 15) is 4.91 Å². The first-order chi connectivity index (χ1) is 5.57. The fourth-order valence-electron chi connectivity index (χ4n) is 3.26. The van der Waals surface area contributed by atoms with E-state index in [2.05, 4.69) is 25.9 Å². The third kappa shape index (κ3) is 0.810. The highest BCUT2D eigenvalue weighted by molar-refractivity contribution is 5.06. The molecule has 3 aliphatic carbocycles. The van der Waals surface area contributed by atoms with Gasteiger partial charge in [-0.05, 0) is 36.0 Å². The molecule has 0 aliphatic heterocycles. The smallest absolute Gasteiger partial charge is 0.0950 e. The molecule has 0 radical (unpaired) electrons. The molecule has 0 saturated heterocycles. The fraction of sp³-hybridized carbons (Fsp3) is 1.00. The van der Waals surface area contributed by atoms with Crippen LogP contribution in [-0.4, -0.2) is 6.04 Å². The Morgan fingerprint density at radius 1 is 1.33 bits per heavy atom. The zero-order chi connectivity index (χ0) is 8.93. The minimum absolute atomic E-state index is 0.113. The van der Waals surface area contributed by atoms with E-state index in [0.29, 0.717) is 11.3 Å². The molecule has 68 valence electrons. The van der Waals surface area contributed by atoms with Crippen molar-refractivity contribution in [3.05, 3.63) is 4.91 Å². The van der Waals surface area contributed by atoms with Crippen molar-refractivity contribution < 1.29 is 0 Å². The lowest BCUT2D eigenvalue weighted by molar-refractivity contribution is -0.108. The Labute approximate surface area is 73.7 Å². The van der Waals surface area contributed by atoms with E-state index in [-0.39, 0.29) is 6.04 Å². The molecule has 2 bridgehead atoms. The van der Waals surface area contributed by atoms with Crippen LogP contribution in [0.4, 0.5) is 0 Å². The van der Waals surface area contributed by atoms with Gasteiger partial charge < -0.3 is 0 Å². The molecule has 0 aromatic carbocycles. The summed E-state index contributed by atoms with van der Waals surface area (Å²) in [5, 5.41) is 3.22. The highest BCUT2D eigenvalue weighted by atomic mass is 16.3. The second-order valence-corrected chi connectivity index (χ2v) is 5.13. The Hall–Kier alpha value is -0.400. The number of fused-ring (bicyclic) bond motifs is 2. The van der Waals surface area contributed by atoms with Gasteiger partial charge in [-0.1, -0.05) is 25.9 Å². The van der Waals surface area contributed by atoms with Crippen LogP contribution < -0.4 is 0 Å². The Balaban J connectivity index is 2.16. The predicted molar refractivity (Wildman–Crippen MR) is 48.7 cm³/mol. The second-order valence-electron chi connectivity index (χ2n) is 5.13. The minimum Gasteiger partial charge on any atom is -0.151 e. The first-order valence-electron chi connectivity index (χ1n) is 4.90. The Kier molecular flexibility index (Phi) is 1.57. The van der Waals surface area contributed by atoms with Gasteiger partial charge in [-0.25, -0.2) is 0 Å². The third-order valence-electron chi connectivity index (χ3n) is 4.45. The summed E-state index contributed by atoms with van der Waals surface area (Å²) in [6.45, 7) is 6.86. The minimum atomic E-state index is 0.113. The molecule has 3 aliphatic rings. The molecule has 3 saturated carbocycles.